The van der Waals surface area contributed by atoms with Gasteiger partial charge in [0.1, 0.15) is 19.0 Å². The van der Waals surface area contributed by atoms with E-state index >= 15 is 0 Å². The zero-order valence-corrected chi connectivity index (χ0v) is 18.0. The maximum atomic E-state index is 12.9. The fraction of sp³-hybridized carbons (Fsp3) is 0.333. The fourth-order valence-electron chi connectivity index (χ4n) is 3.06. The summed E-state index contributed by atoms with van der Waals surface area (Å²) in [7, 11) is 0. The number of hydrogen-bond acceptors (Lipinski definition) is 5. The quantitative estimate of drug-likeness (QED) is 0.611. The lowest BCUT2D eigenvalue weighted by Crippen LogP contribution is -2.38. The number of ether oxygens (including phenoxy) is 3. The first-order valence-corrected chi connectivity index (χ1v) is 10.5. The third-order valence-electron chi connectivity index (χ3n) is 4.56. The number of halogens is 1. The molecule has 4 rings (SSSR count). The summed E-state index contributed by atoms with van der Waals surface area (Å²) < 4.78 is 20.2. The summed E-state index contributed by atoms with van der Waals surface area (Å²) in [5.74, 6) is 1.63. The van der Waals surface area contributed by atoms with Crippen LogP contribution in [-0.4, -0.2) is 29.3 Å². The molecule has 3 aromatic rings. The zero-order valence-electron chi connectivity index (χ0n) is 16.4. The number of thiazole rings is 1. The van der Waals surface area contributed by atoms with Crippen LogP contribution in [0.25, 0.3) is 10.2 Å². The molecule has 0 spiro atoms. The van der Waals surface area contributed by atoms with Crippen LogP contribution in [0.4, 0.5) is 0 Å². The third kappa shape index (κ3) is 3.97. The van der Waals surface area contributed by atoms with Crippen LogP contribution in [0.2, 0.25) is 5.02 Å². The van der Waals surface area contributed by atoms with E-state index in [-0.39, 0.29) is 5.91 Å². The number of hydrogen-bond donors (Lipinski definition) is 0. The minimum atomic E-state index is -1.12. The Morgan fingerprint density at radius 2 is 1.86 bits per heavy atom. The average molecular weight is 433 g/mol. The van der Waals surface area contributed by atoms with Crippen molar-refractivity contribution in [3.05, 3.63) is 46.2 Å². The number of amides is 1. The molecule has 1 aliphatic heterocycles. The van der Waals surface area contributed by atoms with Crippen LogP contribution in [0, 0.1) is 0 Å². The Labute approximate surface area is 177 Å². The molecule has 6 nitrogen and oxygen atoms in total. The summed E-state index contributed by atoms with van der Waals surface area (Å²) in [6.45, 7) is 7.16. The van der Waals surface area contributed by atoms with Crippen molar-refractivity contribution in [1.82, 2.24) is 4.57 Å². The third-order valence-corrected chi connectivity index (χ3v) is 5.85. The van der Waals surface area contributed by atoms with Gasteiger partial charge in [0.25, 0.3) is 5.91 Å². The fourth-order valence-corrected chi connectivity index (χ4v) is 4.29. The molecule has 2 heterocycles. The monoisotopic (exact) mass is 432 g/mol. The summed E-state index contributed by atoms with van der Waals surface area (Å²) in [6.07, 6.45) is 0. The molecule has 0 unspecified atom stereocenters. The van der Waals surface area contributed by atoms with Gasteiger partial charge in [-0.15, -0.1) is 0 Å². The van der Waals surface area contributed by atoms with Gasteiger partial charge < -0.3 is 18.8 Å². The van der Waals surface area contributed by atoms with Crippen LogP contribution in [0.15, 0.2) is 41.4 Å². The second-order valence-electron chi connectivity index (χ2n) is 7.08. The minimum Gasteiger partial charge on any atom is -0.486 e. The molecule has 0 radical (unpaired) electrons. The molecule has 1 aromatic heterocycles. The van der Waals surface area contributed by atoms with E-state index in [1.165, 1.54) is 11.3 Å². The van der Waals surface area contributed by atoms with Gasteiger partial charge in [-0.05, 0) is 45.0 Å². The number of aromatic nitrogens is 1. The summed E-state index contributed by atoms with van der Waals surface area (Å²) >= 11 is 7.35. The normalized spacial score (nSPS) is 14.3. The molecule has 0 saturated heterocycles. The molecule has 0 bridgehead atoms. The number of fused-ring (bicyclic) bond motifs is 2. The highest BCUT2D eigenvalue weighted by atomic mass is 35.5. The summed E-state index contributed by atoms with van der Waals surface area (Å²) in [5.41, 5.74) is -0.161. The predicted octanol–water partition coefficient (Wildman–Crippen LogP) is 4.43. The Bertz CT molecular complexity index is 1130. The number of rotatable bonds is 4. The van der Waals surface area contributed by atoms with Crippen LogP contribution in [0.3, 0.4) is 0 Å². The average Bonchev–Trinajstić information content (AvgIpc) is 3.03. The van der Waals surface area contributed by atoms with Crippen molar-refractivity contribution in [3.63, 3.8) is 0 Å². The molecule has 0 N–H and O–H groups in total. The Morgan fingerprint density at radius 3 is 2.52 bits per heavy atom. The summed E-state index contributed by atoms with van der Waals surface area (Å²) in [4.78, 5) is 17.9. The molecule has 2 aromatic carbocycles. The van der Waals surface area contributed by atoms with E-state index in [4.69, 9.17) is 25.8 Å². The summed E-state index contributed by atoms with van der Waals surface area (Å²) in [6, 6.07) is 10.8. The highest BCUT2D eigenvalue weighted by Gasteiger charge is 2.30. The van der Waals surface area contributed by atoms with Crippen molar-refractivity contribution in [1.29, 1.82) is 0 Å². The maximum absolute atomic E-state index is 12.9. The van der Waals surface area contributed by atoms with Gasteiger partial charge in [-0.2, -0.15) is 4.99 Å². The number of carbonyl (C=O) groups excluding carboxylic acids is 1. The lowest BCUT2D eigenvalue weighted by atomic mass is 10.1. The van der Waals surface area contributed by atoms with Crippen molar-refractivity contribution in [2.45, 2.75) is 32.9 Å². The van der Waals surface area contributed by atoms with Gasteiger partial charge in [-0.3, -0.25) is 4.79 Å². The highest BCUT2D eigenvalue weighted by molar-refractivity contribution is 7.16. The van der Waals surface area contributed by atoms with Gasteiger partial charge in [0.15, 0.2) is 21.9 Å². The van der Waals surface area contributed by atoms with E-state index in [1.54, 1.807) is 38.1 Å². The Morgan fingerprint density at radius 1 is 1.21 bits per heavy atom. The van der Waals surface area contributed by atoms with Gasteiger partial charge in [0.05, 0.1) is 10.2 Å². The Hall–Kier alpha value is -2.51. The smallest absolute Gasteiger partial charge is 0.291 e. The van der Waals surface area contributed by atoms with Crippen LogP contribution in [-0.2, 0) is 11.3 Å². The first-order chi connectivity index (χ1) is 13.9. The van der Waals surface area contributed by atoms with Crippen molar-refractivity contribution in [3.8, 4) is 17.2 Å². The second kappa shape index (κ2) is 7.72. The lowest BCUT2D eigenvalue weighted by Gasteiger charge is -2.22. The van der Waals surface area contributed by atoms with Crippen molar-refractivity contribution in [2.75, 3.05) is 13.2 Å². The van der Waals surface area contributed by atoms with Crippen LogP contribution in [0.1, 0.15) is 20.8 Å². The largest absolute Gasteiger partial charge is 0.486 e. The highest BCUT2D eigenvalue weighted by Crippen LogP contribution is 2.35. The van der Waals surface area contributed by atoms with Gasteiger partial charge in [0, 0.05) is 23.7 Å². The maximum Gasteiger partial charge on any atom is 0.291 e. The van der Waals surface area contributed by atoms with E-state index in [9.17, 15) is 4.79 Å². The van der Waals surface area contributed by atoms with Gasteiger partial charge in [0.2, 0.25) is 0 Å². The molecule has 152 valence electrons. The van der Waals surface area contributed by atoms with E-state index < -0.39 is 5.60 Å². The molecule has 29 heavy (non-hydrogen) atoms. The van der Waals surface area contributed by atoms with Crippen LogP contribution >= 0.6 is 22.9 Å². The van der Waals surface area contributed by atoms with E-state index in [0.29, 0.717) is 41.1 Å². The molecule has 0 fully saturated rings. The van der Waals surface area contributed by atoms with E-state index in [0.717, 1.165) is 16.0 Å². The van der Waals surface area contributed by atoms with Gasteiger partial charge in [-0.25, -0.2) is 0 Å². The van der Waals surface area contributed by atoms with E-state index in [1.807, 2.05) is 23.6 Å². The summed E-state index contributed by atoms with van der Waals surface area (Å²) in [5, 5.41) is 0.607. The number of carbonyl (C=O) groups is 1. The van der Waals surface area contributed by atoms with Crippen molar-refractivity contribution < 1.29 is 19.0 Å². The molecule has 0 saturated carbocycles. The number of nitrogens with zero attached hydrogens (tertiary/aromatic N) is 2. The SMILES string of the molecule is CCn1c(=NC(=O)C(C)(C)Oc2ccc(Cl)cc2)sc2cc3c(cc21)OCCO3. The van der Waals surface area contributed by atoms with Crippen LogP contribution in [0.5, 0.6) is 17.2 Å². The van der Waals surface area contributed by atoms with Gasteiger partial charge >= 0.3 is 0 Å². The predicted molar refractivity (Wildman–Crippen MR) is 113 cm³/mol. The standard InChI is InChI=1S/C21H21ClN2O4S/c1-4-24-15-11-16-17(27-10-9-26-16)12-18(15)29-20(24)23-19(25)21(2,3)28-14-7-5-13(22)6-8-14/h5-8,11-12H,4,9-10H2,1-3H3. The Kier molecular flexibility index (Phi) is 5.27. The molecule has 8 heteroatoms. The molecule has 1 amide bonds. The first-order valence-electron chi connectivity index (χ1n) is 9.34. The second-order valence-corrected chi connectivity index (χ2v) is 8.52. The Balaban J connectivity index is 1.70. The molecular formula is C21H21ClN2O4S. The zero-order chi connectivity index (χ0) is 20.6. The number of benzene rings is 2. The van der Waals surface area contributed by atoms with Gasteiger partial charge in [-0.1, -0.05) is 22.9 Å². The van der Waals surface area contributed by atoms with E-state index in [2.05, 4.69) is 4.99 Å². The first kappa shape index (κ1) is 19.8. The molecule has 1 aliphatic rings. The van der Waals surface area contributed by atoms with Crippen molar-refractivity contribution in [2.24, 2.45) is 4.99 Å². The van der Waals surface area contributed by atoms with Crippen LogP contribution < -0.4 is 19.0 Å². The van der Waals surface area contributed by atoms with Crippen molar-refractivity contribution >= 4 is 39.1 Å². The topological polar surface area (TPSA) is 62.1 Å². The number of aryl methyl sites for hydroxylation is 1. The molecular weight excluding hydrogens is 412 g/mol. The molecule has 0 aliphatic carbocycles. The lowest BCUT2D eigenvalue weighted by molar-refractivity contribution is -0.130. The minimum absolute atomic E-state index is 0.363. The molecule has 0 atom stereocenters.